The van der Waals surface area contributed by atoms with Crippen LogP contribution in [0.2, 0.25) is 0 Å². The molecule has 13 rings (SSSR count). The molecule has 2 heteroatoms. The van der Waals surface area contributed by atoms with E-state index in [1.807, 2.05) is 11.3 Å². The molecule has 0 aliphatic heterocycles. The lowest BCUT2D eigenvalue weighted by Gasteiger charge is -2.18. The van der Waals surface area contributed by atoms with Crippen LogP contribution in [0.5, 0.6) is 0 Å². The molecule has 0 atom stereocenters. The van der Waals surface area contributed by atoms with Gasteiger partial charge >= 0.3 is 0 Å². The average Bonchev–Trinajstić information content (AvgIpc) is 3.89. The fourth-order valence-corrected chi connectivity index (χ4v) is 11.3. The van der Waals surface area contributed by atoms with Gasteiger partial charge in [0.15, 0.2) is 0 Å². The van der Waals surface area contributed by atoms with Gasteiger partial charge in [0.05, 0.1) is 0 Å². The van der Waals surface area contributed by atoms with Crippen molar-refractivity contribution >= 4 is 96.5 Å². The number of thiophene rings is 1. The lowest BCUT2D eigenvalue weighted by Crippen LogP contribution is -1.91. The quantitative estimate of drug-likeness (QED) is 0.162. The van der Waals surface area contributed by atoms with Crippen LogP contribution >= 0.6 is 11.3 Å². The summed E-state index contributed by atoms with van der Waals surface area (Å²) in [6.07, 6.45) is 0. The third kappa shape index (κ3) is 4.80. The first-order chi connectivity index (χ1) is 29.8. The second-order valence-corrected chi connectivity index (χ2v) is 16.9. The van der Waals surface area contributed by atoms with E-state index >= 15 is 0 Å². The molecule has 11 aromatic carbocycles. The maximum Gasteiger partial charge on any atom is 0.143 e. The third-order valence-electron chi connectivity index (χ3n) is 12.7. The molecule has 0 N–H and O–H groups in total. The molecular formula is C58H34OS. The van der Waals surface area contributed by atoms with Crippen LogP contribution in [0.15, 0.2) is 211 Å². The molecule has 2 aromatic heterocycles. The van der Waals surface area contributed by atoms with Gasteiger partial charge < -0.3 is 4.42 Å². The predicted octanol–water partition coefficient (Wildman–Crippen LogP) is 17.2. The van der Waals surface area contributed by atoms with Gasteiger partial charge in [0.1, 0.15) is 11.2 Å². The van der Waals surface area contributed by atoms with Crippen molar-refractivity contribution in [2.75, 3.05) is 0 Å². The van der Waals surface area contributed by atoms with Crippen LogP contribution in [0.4, 0.5) is 0 Å². The minimum atomic E-state index is 0.885. The zero-order valence-corrected chi connectivity index (χ0v) is 33.3. The molecule has 0 saturated carbocycles. The first kappa shape index (κ1) is 33.5. The lowest BCUT2D eigenvalue weighted by molar-refractivity contribution is 0.670. The van der Waals surface area contributed by atoms with E-state index in [9.17, 15) is 0 Å². The molecule has 0 saturated heterocycles. The minimum absolute atomic E-state index is 0.885. The summed E-state index contributed by atoms with van der Waals surface area (Å²) in [7, 11) is 0. The Kier molecular flexibility index (Phi) is 7.24. The Bertz CT molecular complexity index is 3770. The van der Waals surface area contributed by atoms with Crippen LogP contribution in [-0.4, -0.2) is 0 Å². The van der Waals surface area contributed by atoms with Gasteiger partial charge in [-0.1, -0.05) is 182 Å². The largest absolute Gasteiger partial charge is 0.455 e. The van der Waals surface area contributed by atoms with Gasteiger partial charge in [-0.25, -0.2) is 0 Å². The topological polar surface area (TPSA) is 13.1 Å². The standard InChI is InChI=1S/C58H34OS/c1-2-16-35(17-3-1)53-38-18-4-10-24-44(38)56(45-25-11-5-19-39(45)53)49-29-14-27-46-37-33-32-36(34-50(37)59-58(46)49)54-40-20-6-8-22-42(40)55(43-23-9-7-21-41(43)54)48-28-15-31-52-57(48)47-26-12-13-30-51(47)60-52/h1-34H. The first-order valence-electron chi connectivity index (χ1n) is 20.6. The Hall–Kier alpha value is -7.52. The molecule has 0 spiro atoms. The summed E-state index contributed by atoms with van der Waals surface area (Å²) in [4.78, 5) is 0. The smallest absolute Gasteiger partial charge is 0.143 e. The Balaban J connectivity index is 1.06. The number of furan rings is 1. The molecule has 0 aliphatic rings. The second-order valence-electron chi connectivity index (χ2n) is 15.8. The minimum Gasteiger partial charge on any atom is -0.455 e. The SMILES string of the molecule is c1ccc(-c2c3ccccc3c(-c3cccc4c3oc3cc(-c5c6ccccc6c(-c6cccc7sc8ccccc8c67)c6ccccc56)ccc34)c3ccccc23)cc1. The molecule has 0 radical (unpaired) electrons. The van der Waals surface area contributed by atoms with Crippen LogP contribution in [0.3, 0.4) is 0 Å². The fraction of sp³-hybridized carbons (Fsp3) is 0. The van der Waals surface area contributed by atoms with E-state index in [0.29, 0.717) is 0 Å². The van der Waals surface area contributed by atoms with Crippen LogP contribution in [-0.2, 0) is 0 Å². The molecular weight excluding hydrogens is 745 g/mol. The molecule has 278 valence electrons. The zero-order chi connectivity index (χ0) is 39.3. The van der Waals surface area contributed by atoms with Gasteiger partial charge in [-0.15, -0.1) is 11.3 Å². The van der Waals surface area contributed by atoms with Gasteiger partial charge in [-0.05, 0) is 101 Å². The first-order valence-corrected chi connectivity index (χ1v) is 21.4. The van der Waals surface area contributed by atoms with E-state index < -0.39 is 0 Å². The summed E-state index contributed by atoms with van der Waals surface area (Å²) >= 11 is 1.87. The number of hydrogen-bond donors (Lipinski definition) is 0. The molecule has 0 bridgehead atoms. The summed E-state index contributed by atoms with van der Waals surface area (Å²) in [6, 6.07) is 75.5. The van der Waals surface area contributed by atoms with Gasteiger partial charge in [0.25, 0.3) is 0 Å². The maximum absolute atomic E-state index is 7.11. The van der Waals surface area contributed by atoms with Crippen LogP contribution in [0.1, 0.15) is 0 Å². The van der Waals surface area contributed by atoms with Crippen molar-refractivity contribution in [2.45, 2.75) is 0 Å². The maximum atomic E-state index is 7.11. The van der Waals surface area contributed by atoms with Crippen LogP contribution in [0.25, 0.3) is 130 Å². The van der Waals surface area contributed by atoms with E-state index in [4.69, 9.17) is 4.42 Å². The predicted molar refractivity (Wildman–Crippen MR) is 258 cm³/mol. The third-order valence-corrected chi connectivity index (χ3v) is 13.8. The monoisotopic (exact) mass is 778 g/mol. The lowest BCUT2D eigenvalue weighted by atomic mass is 9.85. The summed E-state index contributed by atoms with van der Waals surface area (Å²) < 4.78 is 9.74. The van der Waals surface area contributed by atoms with Crippen LogP contribution < -0.4 is 0 Å². The van der Waals surface area contributed by atoms with Crippen molar-refractivity contribution in [1.82, 2.24) is 0 Å². The number of hydrogen-bond acceptors (Lipinski definition) is 2. The Morgan fingerprint density at radius 3 is 1.35 bits per heavy atom. The Morgan fingerprint density at radius 1 is 0.283 bits per heavy atom. The summed E-state index contributed by atoms with van der Waals surface area (Å²) in [5.41, 5.74) is 11.5. The molecule has 0 unspecified atom stereocenters. The van der Waals surface area contributed by atoms with E-state index in [1.54, 1.807) is 0 Å². The summed E-state index contributed by atoms with van der Waals surface area (Å²) in [5.74, 6) is 0. The molecule has 1 nitrogen and oxygen atoms in total. The van der Waals surface area contributed by atoms with Crippen molar-refractivity contribution < 1.29 is 4.42 Å². The van der Waals surface area contributed by atoms with Crippen LogP contribution in [0, 0.1) is 0 Å². The molecule has 2 heterocycles. The van der Waals surface area contributed by atoms with Gasteiger partial charge in [0, 0.05) is 42.1 Å². The molecule has 0 fully saturated rings. The van der Waals surface area contributed by atoms with E-state index in [0.717, 1.165) is 33.1 Å². The zero-order valence-electron chi connectivity index (χ0n) is 32.4. The van der Waals surface area contributed by atoms with Gasteiger partial charge in [0.2, 0.25) is 0 Å². The van der Waals surface area contributed by atoms with E-state index in [-0.39, 0.29) is 0 Å². The fourth-order valence-electron chi connectivity index (χ4n) is 10.2. The molecule has 60 heavy (non-hydrogen) atoms. The number of rotatable bonds is 4. The van der Waals surface area contributed by atoms with Crippen molar-refractivity contribution in [3.8, 4) is 44.5 Å². The highest BCUT2D eigenvalue weighted by molar-refractivity contribution is 7.26. The summed E-state index contributed by atoms with van der Waals surface area (Å²) in [5, 5.41) is 14.7. The summed E-state index contributed by atoms with van der Waals surface area (Å²) in [6.45, 7) is 0. The number of para-hydroxylation sites is 1. The van der Waals surface area contributed by atoms with E-state index in [1.165, 1.54) is 96.6 Å². The molecule has 0 amide bonds. The average molecular weight is 779 g/mol. The highest BCUT2D eigenvalue weighted by Crippen LogP contribution is 2.50. The Labute approximate surface area is 350 Å². The molecule has 13 aromatic rings. The number of fused-ring (bicyclic) bond motifs is 10. The number of benzene rings is 11. The Morgan fingerprint density at radius 2 is 0.733 bits per heavy atom. The normalized spacial score (nSPS) is 12.0. The van der Waals surface area contributed by atoms with Crippen molar-refractivity contribution in [3.63, 3.8) is 0 Å². The second kappa shape index (κ2) is 13.0. The van der Waals surface area contributed by atoms with Gasteiger partial charge in [-0.3, -0.25) is 0 Å². The molecule has 0 aliphatic carbocycles. The highest BCUT2D eigenvalue weighted by Gasteiger charge is 2.23. The van der Waals surface area contributed by atoms with Crippen molar-refractivity contribution in [3.05, 3.63) is 206 Å². The van der Waals surface area contributed by atoms with Gasteiger partial charge in [-0.2, -0.15) is 0 Å². The van der Waals surface area contributed by atoms with Crippen molar-refractivity contribution in [2.24, 2.45) is 0 Å². The highest BCUT2D eigenvalue weighted by atomic mass is 32.1. The van der Waals surface area contributed by atoms with Crippen molar-refractivity contribution in [1.29, 1.82) is 0 Å². The van der Waals surface area contributed by atoms with E-state index in [2.05, 4.69) is 206 Å².